The van der Waals surface area contributed by atoms with Crippen molar-refractivity contribution in [3.8, 4) is 10.4 Å². The van der Waals surface area contributed by atoms with Crippen molar-refractivity contribution in [3.63, 3.8) is 0 Å². The van der Waals surface area contributed by atoms with Crippen LogP contribution in [0, 0.1) is 10.4 Å². The van der Waals surface area contributed by atoms with Crippen molar-refractivity contribution in [2.24, 2.45) is 0 Å². The van der Waals surface area contributed by atoms with Gasteiger partial charge < -0.3 is 0 Å². The summed E-state index contributed by atoms with van der Waals surface area (Å²) in [6.07, 6.45) is 29.8. The molecule has 2 heterocycles. The molecule has 0 aromatic heterocycles. The summed E-state index contributed by atoms with van der Waals surface area (Å²) in [5.74, 6) is 0. The summed E-state index contributed by atoms with van der Waals surface area (Å²) < 4.78 is 0. The van der Waals surface area contributed by atoms with E-state index in [9.17, 15) is 0 Å². The van der Waals surface area contributed by atoms with Gasteiger partial charge in [-0.15, -0.1) is 0 Å². The van der Waals surface area contributed by atoms with Crippen molar-refractivity contribution in [2.75, 3.05) is 0 Å². The van der Waals surface area contributed by atoms with E-state index in [1.54, 1.807) is 22.3 Å². The third-order valence-corrected chi connectivity index (χ3v) is 17.1. The van der Waals surface area contributed by atoms with Crippen LogP contribution >= 0.6 is 22.3 Å². The molecular weight excluding hydrogens is 1140 g/mol. The Hall–Kier alpha value is -3.08. The molecule has 74 heavy (non-hydrogen) atoms. The zero-order valence-corrected chi connectivity index (χ0v) is 48.8. The van der Waals surface area contributed by atoms with Crippen molar-refractivity contribution >= 4 is 80.0 Å². The third kappa shape index (κ3) is 13.6. The topological polar surface area (TPSA) is 0 Å². The monoisotopic (exact) mass is 1240 g/mol. The van der Waals surface area contributed by atoms with Gasteiger partial charge >= 0.3 is 0 Å². The minimum absolute atomic E-state index is 0. The smallest absolute Gasteiger partial charge is 0.0728 e. The number of allylic oxidation sites excluding steroid dienone is 2. The summed E-state index contributed by atoms with van der Waals surface area (Å²) in [5, 5.41) is 10.1. The Morgan fingerprint density at radius 2 is 0.581 bits per heavy atom. The Labute approximate surface area is 496 Å². The van der Waals surface area contributed by atoms with Crippen LogP contribution in [0.3, 0.4) is 0 Å². The summed E-state index contributed by atoms with van der Waals surface area (Å²) >= 11 is 3.61. The standard InChI is InChI=1S/C64H72S2.6CH4.2Sn/c1-5-9-13-17-21-47-25-33-51(34-26-47)63(52-35-27-48(28-36-52)22-18-14-10-6-2)57-41-43-65-61(57)55-46-60-56(45-59(55)63)62-58(42-44-66-62)64(60,53-37-29-49(30-38-53)23-19-15-11-7-3)54-39-31-50(32-40-54)24-20-16-12-8-4;;;;;;;;/h25-42,45-46H,5-24H2,1-4H3;6*1H4;;. The normalized spacial score (nSPS) is 13.9. The van der Waals surface area contributed by atoms with E-state index >= 15 is 0 Å². The molecule has 4 heteroatoms. The van der Waals surface area contributed by atoms with Crippen LogP contribution in [-0.2, 0) is 36.5 Å². The molecule has 9 rings (SSSR count). The van der Waals surface area contributed by atoms with Crippen LogP contribution in [0.2, 0.25) is 0 Å². The number of benzene rings is 5. The molecule has 2 aliphatic heterocycles. The second-order valence-corrected chi connectivity index (χ2v) is 21.4. The predicted molar refractivity (Wildman–Crippen MR) is 340 cm³/mol. The molecule has 0 saturated heterocycles. The third-order valence-electron chi connectivity index (χ3n) is 15.3. The van der Waals surface area contributed by atoms with E-state index in [-0.39, 0.29) is 92.4 Å². The molecule has 2 aliphatic carbocycles. The van der Waals surface area contributed by atoms with Crippen molar-refractivity contribution in [3.05, 3.63) is 199 Å². The van der Waals surface area contributed by atoms with Gasteiger partial charge in [0.2, 0.25) is 0 Å². The van der Waals surface area contributed by atoms with Crippen molar-refractivity contribution < 1.29 is 0 Å². The fraction of sp³-hybridized carbons (Fsp3) is 0.457. The molecule has 4 aliphatic rings. The van der Waals surface area contributed by atoms with E-state index < -0.39 is 10.8 Å². The average molecular weight is 1240 g/mol. The van der Waals surface area contributed by atoms with Crippen LogP contribution in [0.1, 0.15) is 231 Å². The molecule has 5 aromatic carbocycles. The maximum Gasteiger partial charge on any atom is 0.0728 e. The number of aryl methyl sites for hydroxylation is 4. The van der Waals surface area contributed by atoms with Crippen LogP contribution < -0.4 is 10.4 Å². The van der Waals surface area contributed by atoms with E-state index in [2.05, 4.69) is 159 Å². The van der Waals surface area contributed by atoms with Crippen LogP contribution in [-0.4, -0.2) is 47.8 Å². The fourth-order valence-electron chi connectivity index (χ4n) is 11.7. The summed E-state index contributed by atoms with van der Waals surface area (Å²) in [5.41, 5.74) is 15.8. The quantitative estimate of drug-likeness (QED) is 0.0427. The number of rotatable bonds is 24. The van der Waals surface area contributed by atoms with E-state index in [1.165, 1.54) is 190 Å². The van der Waals surface area contributed by atoms with Crippen LogP contribution in [0.25, 0.3) is 9.81 Å². The van der Waals surface area contributed by atoms with Crippen LogP contribution in [0.5, 0.6) is 0 Å². The van der Waals surface area contributed by atoms with Gasteiger partial charge in [0.25, 0.3) is 0 Å². The fourth-order valence-corrected chi connectivity index (χ4v) is 13.5. The van der Waals surface area contributed by atoms with Gasteiger partial charge in [-0.05, 0) is 153 Å². The van der Waals surface area contributed by atoms with E-state index in [0.29, 0.717) is 0 Å². The first-order valence-corrected chi connectivity index (χ1v) is 27.8. The molecule has 0 nitrogen and oxygen atoms in total. The summed E-state index contributed by atoms with van der Waals surface area (Å²) in [4.78, 5) is 2.72. The van der Waals surface area contributed by atoms with Gasteiger partial charge in [-0.25, -0.2) is 0 Å². The zero-order chi connectivity index (χ0) is 45.4. The van der Waals surface area contributed by atoms with Crippen molar-refractivity contribution in [1.82, 2.24) is 0 Å². The van der Waals surface area contributed by atoms with Gasteiger partial charge in [0.1, 0.15) is 0 Å². The van der Waals surface area contributed by atoms with Gasteiger partial charge in [0, 0.05) is 57.6 Å². The molecule has 8 radical (unpaired) electrons. The Morgan fingerprint density at radius 1 is 0.338 bits per heavy atom. The maximum absolute atomic E-state index is 3.70. The predicted octanol–water partition coefficient (Wildman–Crippen LogP) is 19.4. The molecule has 0 unspecified atom stereocenters. The number of fused-ring (bicyclic) bond motifs is 4. The first kappa shape index (κ1) is 68.9. The van der Waals surface area contributed by atoms with Gasteiger partial charge in [-0.3, -0.25) is 0 Å². The van der Waals surface area contributed by atoms with Gasteiger partial charge in [0.05, 0.1) is 10.8 Å². The first-order chi connectivity index (χ1) is 32.6. The minimum Gasteiger partial charge on any atom is -0.0920 e. The summed E-state index contributed by atoms with van der Waals surface area (Å²) in [6.45, 7) is 9.21. The van der Waals surface area contributed by atoms with Gasteiger partial charge in [-0.2, -0.15) is 0 Å². The first-order valence-electron chi connectivity index (χ1n) is 26.2. The largest absolute Gasteiger partial charge is 0.0920 e. The summed E-state index contributed by atoms with van der Waals surface area (Å²) in [7, 11) is 0. The van der Waals surface area contributed by atoms with Crippen LogP contribution in [0.15, 0.2) is 132 Å². The van der Waals surface area contributed by atoms with Gasteiger partial charge in [0.15, 0.2) is 0 Å². The maximum atomic E-state index is 3.70. The zero-order valence-electron chi connectivity index (χ0n) is 41.5. The van der Waals surface area contributed by atoms with Crippen molar-refractivity contribution in [2.45, 2.75) is 212 Å². The molecule has 0 bridgehead atoms. The molecule has 0 N–H and O–H groups in total. The molecular formula is C70H96S2Sn2. The second kappa shape index (κ2) is 32.6. The van der Waals surface area contributed by atoms with Crippen molar-refractivity contribution in [1.29, 1.82) is 0 Å². The Bertz CT molecular complexity index is 2530. The van der Waals surface area contributed by atoms with Gasteiger partial charge in [-0.1, -0.05) is 279 Å². The minimum atomic E-state index is -0.455. The van der Waals surface area contributed by atoms with Crippen LogP contribution in [0.4, 0.5) is 0 Å². The number of unbranched alkanes of at least 4 members (excludes halogenated alkanes) is 12. The molecule has 5 aromatic rings. The molecule has 0 atom stereocenters. The molecule has 0 fully saturated rings. The molecule has 0 amide bonds. The molecule has 0 spiro atoms. The number of hydrogen-bond acceptors (Lipinski definition) is 0. The Kier molecular flexibility index (Phi) is 30.4. The SMILES string of the molecule is C.C.C.C.C.C.CCCCCCc1ccc(C2(c3ccc(CCCCCC)cc3)C3=CC#SC3=c3cc4c(cc32)=C2S#CC=C2C4(c2ccc(CCCCCC)cc2)c2ccc(CCCCCC)cc2)cc1.[Sn].[Sn]. The van der Waals surface area contributed by atoms with E-state index in [4.69, 9.17) is 0 Å². The summed E-state index contributed by atoms with van der Waals surface area (Å²) in [6, 6.07) is 44.5. The van der Waals surface area contributed by atoms with E-state index in [0.717, 1.165) is 25.7 Å². The second-order valence-electron chi connectivity index (χ2n) is 19.7. The molecule has 0 saturated carbocycles. The Morgan fingerprint density at radius 3 is 0.811 bits per heavy atom. The Balaban J connectivity index is 0.00000342. The molecule has 396 valence electrons. The average Bonchev–Trinajstić information content (AvgIpc) is 4.15. The van der Waals surface area contributed by atoms with E-state index in [1.807, 2.05) is 0 Å². The number of hydrogen-bond donors (Lipinski definition) is 0.